The van der Waals surface area contributed by atoms with Gasteiger partial charge in [0.1, 0.15) is 0 Å². The Balaban J connectivity index is 2.53. The van der Waals surface area contributed by atoms with Crippen LogP contribution >= 0.6 is 0 Å². The van der Waals surface area contributed by atoms with Crippen LogP contribution in [0.25, 0.3) is 0 Å². The molecule has 0 aromatic carbocycles. The number of halogens is 2. The first-order valence-corrected chi connectivity index (χ1v) is 7.54. The Bertz CT molecular complexity index is 436. The van der Waals surface area contributed by atoms with Gasteiger partial charge in [0, 0.05) is 19.2 Å². The fourth-order valence-electron chi connectivity index (χ4n) is 2.21. The first-order chi connectivity index (χ1) is 10.0. The van der Waals surface area contributed by atoms with Crippen molar-refractivity contribution in [3.8, 4) is 0 Å². The third-order valence-corrected chi connectivity index (χ3v) is 3.56. The van der Waals surface area contributed by atoms with Crippen LogP contribution < -0.4 is 10.6 Å². The minimum atomic E-state index is -0.685. The van der Waals surface area contributed by atoms with Crippen LogP contribution in [0.5, 0.6) is 0 Å². The number of nitrogens with one attached hydrogen (secondary N) is 2. The molecule has 1 rings (SSSR count). The van der Waals surface area contributed by atoms with E-state index in [1.165, 1.54) is 0 Å². The van der Waals surface area contributed by atoms with Crippen molar-refractivity contribution in [2.24, 2.45) is 0 Å². The lowest BCUT2D eigenvalue weighted by Gasteiger charge is -2.20. The molecule has 1 aromatic rings. The van der Waals surface area contributed by atoms with E-state index in [-0.39, 0.29) is 17.7 Å². The van der Waals surface area contributed by atoms with Gasteiger partial charge in [-0.15, -0.1) is 0 Å². The minimum Gasteiger partial charge on any atom is -0.371 e. The first-order valence-electron chi connectivity index (χ1n) is 7.54. The molecule has 0 radical (unpaired) electrons. The molecule has 6 heteroatoms. The van der Waals surface area contributed by atoms with Crippen LogP contribution in [-0.4, -0.2) is 42.6 Å². The fraction of sp³-hybridized carbons (Fsp3) is 0.667. The number of hydrogen-bond donors (Lipinski definition) is 2. The van der Waals surface area contributed by atoms with Gasteiger partial charge in [-0.05, 0) is 39.4 Å². The molecule has 1 heterocycles. The van der Waals surface area contributed by atoms with Crippen LogP contribution in [0.1, 0.15) is 33.6 Å². The van der Waals surface area contributed by atoms with Crippen molar-refractivity contribution in [1.82, 2.24) is 9.88 Å². The third kappa shape index (κ3) is 5.46. The van der Waals surface area contributed by atoms with Gasteiger partial charge >= 0.3 is 0 Å². The number of aromatic nitrogens is 1. The predicted molar refractivity (Wildman–Crippen MR) is 83.8 cm³/mol. The van der Waals surface area contributed by atoms with Crippen LogP contribution in [0.4, 0.5) is 20.4 Å². The molecule has 0 saturated carbocycles. The highest BCUT2D eigenvalue weighted by Gasteiger charge is 2.13. The van der Waals surface area contributed by atoms with Gasteiger partial charge in [0.2, 0.25) is 0 Å². The van der Waals surface area contributed by atoms with Crippen molar-refractivity contribution in [3.63, 3.8) is 0 Å². The molecule has 1 aromatic heterocycles. The fourth-order valence-corrected chi connectivity index (χ4v) is 2.21. The van der Waals surface area contributed by atoms with Gasteiger partial charge in [0.15, 0.2) is 23.3 Å². The summed E-state index contributed by atoms with van der Waals surface area (Å²) in [5.74, 6) is -1.21. The van der Waals surface area contributed by atoms with Gasteiger partial charge in [0.05, 0.1) is 0 Å². The smallest absolute Gasteiger partial charge is 0.168 e. The zero-order valence-corrected chi connectivity index (χ0v) is 13.3. The SMILES string of the molecule is CCN(CC)CCCC(C)Nc1nc(NC)c(F)cc1F. The normalized spacial score (nSPS) is 12.5. The van der Waals surface area contributed by atoms with Gasteiger partial charge in [-0.1, -0.05) is 13.8 Å². The molecular formula is C15H26F2N4. The van der Waals surface area contributed by atoms with Crippen molar-refractivity contribution in [1.29, 1.82) is 0 Å². The second kappa shape index (κ2) is 8.77. The Morgan fingerprint density at radius 2 is 1.81 bits per heavy atom. The first kappa shape index (κ1) is 17.6. The summed E-state index contributed by atoms with van der Waals surface area (Å²) in [6, 6.07) is 0.932. The molecule has 1 unspecified atom stereocenters. The number of rotatable bonds is 9. The lowest BCUT2D eigenvalue weighted by molar-refractivity contribution is 0.295. The number of anilines is 2. The Morgan fingerprint density at radius 3 is 2.38 bits per heavy atom. The molecule has 0 aliphatic carbocycles. The zero-order chi connectivity index (χ0) is 15.8. The Labute approximate surface area is 125 Å². The van der Waals surface area contributed by atoms with E-state index >= 15 is 0 Å². The van der Waals surface area contributed by atoms with E-state index < -0.39 is 11.6 Å². The summed E-state index contributed by atoms with van der Waals surface area (Å²) in [5.41, 5.74) is 0. The van der Waals surface area contributed by atoms with Crippen molar-refractivity contribution in [2.45, 2.75) is 39.7 Å². The van der Waals surface area contributed by atoms with Gasteiger partial charge in [-0.2, -0.15) is 0 Å². The number of hydrogen-bond acceptors (Lipinski definition) is 4. The molecule has 0 saturated heterocycles. The summed E-state index contributed by atoms with van der Waals surface area (Å²) < 4.78 is 27.0. The van der Waals surface area contributed by atoms with E-state index in [0.717, 1.165) is 38.5 Å². The van der Waals surface area contributed by atoms with E-state index in [4.69, 9.17) is 0 Å². The van der Waals surface area contributed by atoms with Gasteiger partial charge in [-0.25, -0.2) is 13.8 Å². The van der Waals surface area contributed by atoms with E-state index in [2.05, 4.69) is 34.4 Å². The predicted octanol–water partition coefficient (Wildman–Crippen LogP) is 3.32. The molecule has 0 aliphatic heterocycles. The van der Waals surface area contributed by atoms with E-state index in [0.29, 0.717) is 0 Å². The lowest BCUT2D eigenvalue weighted by Crippen LogP contribution is -2.26. The lowest BCUT2D eigenvalue weighted by atomic mass is 10.1. The van der Waals surface area contributed by atoms with Crippen molar-refractivity contribution in [3.05, 3.63) is 17.7 Å². The second-order valence-corrected chi connectivity index (χ2v) is 5.11. The average Bonchev–Trinajstić information content (AvgIpc) is 2.46. The monoisotopic (exact) mass is 300 g/mol. The molecule has 120 valence electrons. The molecule has 1 atom stereocenters. The maximum atomic E-state index is 13.7. The highest BCUT2D eigenvalue weighted by molar-refractivity contribution is 5.47. The van der Waals surface area contributed by atoms with Crippen molar-refractivity contribution < 1.29 is 8.78 Å². The molecule has 0 bridgehead atoms. The standard InChI is InChI=1S/C15H26F2N4/c1-5-21(6-2)9-7-8-11(3)19-15-13(17)10-12(16)14(18-4)20-15/h10-11H,5-9H2,1-4H3,(H2,18,19,20). The number of pyridine rings is 1. The summed E-state index contributed by atoms with van der Waals surface area (Å²) in [6.45, 7) is 9.37. The topological polar surface area (TPSA) is 40.2 Å². The summed E-state index contributed by atoms with van der Waals surface area (Å²) in [5, 5.41) is 5.62. The van der Waals surface area contributed by atoms with Gasteiger partial charge < -0.3 is 15.5 Å². The summed E-state index contributed by atoms with van der Waals surface area (Å²) in [7, 11) is 1.56. The second-order valence-electron chi connectivity index (χ2n) is 5.11. The van der Waals surface area contributed by atoms with E-state index in [9.17, 15) is 8.78 Å². The number of nitrogens with zero attached hydrogens (tertiary/aromatic N) is 2. The summed E-state index contributed by atoms with van der Waals surface area (Å²) in [4.78, 5) is 6.27. The molecule has 2 N–H and O–H groups in total. The van der Waals surface area contributed by atoms with Gasteiger partial charge in [0.25, 0.3) is 0 Å². The molecular weight excluding hydrogens is 274 g/mol. The van der Waals surface area contributed by atoms with E-state index in [1.807, 2.05) is 6.92 Å². The maximum absolute atomic E-state index is 13.7. The van der Waals surface area contributed by atoms with Crippen LogP contribution in [-0.2, 0) is 0 Å². The summed E-state index contributed by atoms with van der Waals surface area (Å²) in [6.07, 6.45) is 1.93. The van der Waals surface area contributed by atoms with Crippen molar-refractivity contribution in [2.75, 3.05) is 37.3 Å². The molecule has 4 nitrogen and oxygen atoms in total. The Hall–Kier alpha value is -1.43. The minimum absolute atomic E-state index is 0.0502. The Kier molecular flexibility index (Phi) is 7.36. The van der Waals surface area contributed by atoms with Crippen molar-refractivity contribution >= 4 is 11.6 Å². The quantitative estimate of drug-likeness (QED) is 0.734. The van der Waals surface area contributed by atoms with Crippen LogP contribution in [0, 0.1) is 11.6 Å². The largest absolute Gasteiger partial charge is 0.371 e. The molecule has 0 aliphatic rings. The highest BCUT2D eigenvalue weighted by Crippen LogP contribution is 2.19. The Morgan fingerprint density at radius 1 is 1.19 bits per heavy atom. The van der Waals surface area contributed by atoms with Crippen LogP contribution in [0.2, 0.25) is 0 Å². The highest BCUT2D eigenvalue weighted by atomic mass is 19.1. The van der Waals surface area contributed by atoms with Crippen LogP contribution in [0.15, 0.2) is 6.07 Å². The summed E-state index contributed by atoms with van der Waals surface area (Å²) >= 11 is 0. The zero-order valence-electron chi connectivity index (χ0n) is 13.3. The molecule has 0 fully saturated rings. The molecule has 0 spiro atoms. The molecule has 0 amide bonds. The maximum Gasteiger partial charge on any atom is 0.168 e. The average molecular weight is 300 g/mol. The molecule has 21 heavy (non-hydrogen) atoms. The van der Waals surface area contributed by atoms with Gasteiger partial charge in [-0.3, -0.25) is 0 Å². The van der Waals surface area contributed by atoms with E-state index in [1.54, 1.807) is 7.05 Å². The van der Waals surface area contributed by atoms with Crippen LogP contribution in [0.3, 0.4) is 0 Å². The third-order valence-electron chi connectivity index (χ3n) is 3.56.